The number of carbonyl (C=O) groups excluding carboxylic acids is 1. The van der Waals surface area contributed by atoms with Gasteiger partial charge in [0.15, 0.2) is 0 Å². The van der Waals surface area contributed by atoms with Gasteiger partial charge in [0.05, 0.1) is 4.91 Å². The molecule has 0 radical (unpaired) electrons. The zero-order valence-corrected chi connectivity index (χ0v) is 13.0. The Hall–Kier alpha value is -1.37. The molecule has 1 aromatic rings. The first-order valence-corrected chi connectivity index (χ1v) is 7.39. The van der Waals surface area contributed by atoms with Gasteiger partial charge in [0, 0.05) is 13.1 Å². The average Bonchev–Trinajstić information content (AvgIpc) is 2.65. The number of nitrogens with zero attached hydrogens (tertiary/aromatic N) is 2. The number of thiocarbonyl (C=S) groups is 1. The summed E-state index contributed by atoms with van der Waals surface area (Å²) in [5.41, 5.74) is 0.871. The Morgan fingerprint density at radius 1 is 1.35 bits per heavy atom. The van der Waals surface area contributed by atoms with E-state index in [4.69, 9.17) is 12.2 Å². The van der Waals surface area contributed by atoms with Gasteiger partial charge in [0.1, 0.15) is 10.1 Å². The first-order chi connectivity index (χ1) is 9.47. The monoisotopic (exact) mass is 308 g/mol. The Morgan fingerprint density at radius 3 is 2.60 bits per heavy atom. The highest BCUT2D eigenvalue weighted by Gasteiger charge is 2.31. The van der Waals surface area contributed by atoms with Gasteiger partial charge in [0.25, 0.3) is 5.91 Å². The van der Waals surface area contributed by atoms with Gasteiger partial charge < -0.3 is 10.0 Å². The SMILES string of the molecule is CN(C)CCN1C(=O)/C(=C/c2ccc(O)cc2)SC1=S. The van der Waals surface area contributed by atoms with Crippen molar-refractivity contribution in [2.75, 3.05) is 27.2 Å². The van der Waals surface area contributed by atoms with Crippen LogP contribution in [0.4, 0.5) is 0 Å². The molecule has 1 heterocycles. The van der Waals surface area contributed by atoms with Crippen LogP contribution in [-0.2, 0) is 4.79 Å². The third kappa shape index (κ3) is 3.59. The van der Waals surface area contributed by atoms with E-state index in [9.17, 15) is 9.90 Å². The number of aromatic hydroxyl groups is 1. The summed E-state index contributed by atoms with van der Waals surface area (Å²) in [6, 6.07) is 6.72. The Morgan fingerprint density at radius 2 is 2.00 bits per heavy atom. The van der Waals surface area contributed by atoms with E-state index in [-0.39, 0.29) is 11.7 Å². The van der Waals surface area contributed by atoms with Crippen LogP contribution in [0.5, 0.6) is 5.75 Å². The normalized spacial score (nSPS) is 17.6. The molecule has 1 amide bonds. The van der Waals surface area contributed by atoms with Gasteiger partial charge in [0.2, 0.25) is 0 Å². The quantitative estimate of drug-likeness (QED) is 0.682. The van der Waals surface area contributed by atoms with Gasteiger partial charge in [-0.25, -0.2) is 0 Å². The molecule has 0 spiro atoms. The summed E-state index contributed by atoms with van der Waals surface area (Å²) in [6.07, 6.45) is 1.80. The van der Waals surface area contributed by atoms with E-state index >= 15 is 0 Å². The van der Waals surface area contributed by atoms with E-state index in [1.807, 2.05) is 19.0 Å². The molecule has 6 heteroatoms. The first kappa shape index (κ1) is 15.0. The van der Waals surface area contributed by atoms with Crippen LogP contribution in [0, 0.1) is 0 Å². The number of hydrogen-bond acceptors (Lipinski definition) is 5. The number of likely N-dealkylation sites (N-methyl/N-ethyl adjacent to an activating group) is 1. The maximum absolute atomic E-state index is 12.3. The highest BCUT2D eigenvalue weighted by molar-refractivity contribution is 8.26. The smallest absolute Gasteiger partial charge is 0.266 e. The van der Waals surface area contributed by atoms with Gasteiger partial charge >= 0.3 is 0 Å². The fourth-order valence-electron chi connectivity index (χ4n) is 1.71. The second kappa shape index (κ2) is 6.39. The van der Waals surface area contributed by atoms with E-state index in [1.165, 1.54) is 11.8 Å². The van der Waals surface area contributed by atoms with Crippen molar-refractivity contribution in [3.8, 4) is 5.75 Å². The molecule has 0 bridgehead atoms. The third-order valence-corrected chi connectivity index (χ3v) is 4.21. The van der Waals surface area contributed by atoms with Crippen molar-refractivity contribution in [2.45, 2.75) is 0 Å². The van der Waals surface area contributed by atoms with Gasteiger partial charge in [-0.1, -0.05) is 36.1 Å². The second-order valence-electron chi connectivity index (χ2n) is 4.73. The van der Waals surface area contributed by atoms with Crippen LogP contribution < -0.4 is 0 Å². The summed E-state index contributed by atoms with van der Waals surface area (Å²) < 4.78 is 0.599. The lowest BCUT2D eigenvalue weighted by Gasteiger charge is -2.17. The minimum Gasteiger partial charge on any atom is -0.508 e. The van der Waals surface area contributed by atoms with Crippen LogP contribution in [0.15, 0.2) is 29.2 Å². The van der Waals surface area contributed by atoms with Crippen molar-refractivity contribution in [1.82, 2.24) is 9.80 Å². The lowest BCUT2D eigenvalue weighted by Crippen LogP contribution is -2.34. The van der Waals surface area contributed by atoms with Crippen molar-refractivity contribution in [1.29, 1.82) is 0 Å². The van der Waals surface area contributed by atoms with Crippen LogP contribution in [0.25, 0.3) is 6.08 Å². The Labute approximate surface area is 128 Å². The van der Waals surface area contributed by atoms with Crippen LogP contribution in [0.3, 0.4) is 0 Å². The molecule has 0 aliphatic carbocycles. The van der Waals surface area contributed by atoms with Gasteiger partial charge in [-0.05, 0) is 37.9 Å². The summed E-state index contributed by atoms with van der Waals surface area (Å²) in [7, 11) is 3.92. The maximum atomic E-state index is 12.3. The molecule has 1 saturated heterocycles. The first-order valence-electron chi connectivity index (χ1n) is 6.16. The number of thioether (sulfide) groups is 1. The summed E-state index contributed by atoms with van der Waals surface area (Å²) >= 11 is 6.57. The largest absolute Gasteiger partial charge is 0.508 e. The number of carbonyl (C=O) groups is 1. The fraction of sp³-hybridized carbons (Fsp3) is 0.286. The Bertz CT molecular complexity index is 553. The zero-order valence-electron chi connectivity index (χ0n) is 11.4. The van der Waals surface area contributed by atoms with Crippen molar-refractivity contribution >= 4 is 40.3 Å². The number of benzene rings is 1. The Balaban J connectivity index is 2.12. The molecular weight excluding hydrogens is 292 g/mol. The number of amides is 1. The van der Waals surface area contributed by atoms with Gasteiger partial charge in [-0.15, -0.1) is 0 Å². The standard InChI is InChI=1S/C14H16N2O2S2/c1-15(2)7-8-16-13(18)12(20-14(16)19)9-10-3-5-11(17)6-4-10/h3-6,9,17H,7-8H2,1-2H3/b12-9-. The van der Waals surface area contributed by atoms with Crippen LogP contribution in [-0.4, -0.2) is 52.3 Å². The number of hydrogen-bond donors (Lipinski definition) is 1. The van der Waals surface area contributed by atoms with E-state index in [1.54, 1.807) is 35.2 Å². The molecule has 0 atom stereocenters. The Kier molecular flexibility index (Phi) is 4.80. The van der Waals surface area contributed by atoms with Crippen molar-refractivity contribution < 1.29 is 9.90 Å². The third-order valence-electron chi connectivity index (χ3n) is 2.84. The minimum absolute atomic E-state index is 0.0464. The summed E-state index contributed by atoms with van der Waals surface area (Å²) in [6.45, 7) is 1.38. The average molecular weight is 308 g/mol. The molecule has 0 unspecified atom stereocenters. The van der Waals surface area contributed by atoms with Crippen LogP contribution in [0.1, 0.15) is 5.56 Å². The number of phenolic OH excluding ortho intramolecular Hbond substituents is 1. The molecule has 1 N–H and O–H groups in total. The summed E-state index contributed by atoms with van der Waals surface area (Å²) in [5.74, 6) is 0.163. The van der Waals surface area contributed by atoms with Crippen LogP contribution in [0.2, 0.25) is 0 Å². The highest BCUT2D eigenvalue weighted by Crippen LogP contribution is 2.32. The summed E-state index contributed by atoms with van der Waals surface area (Å²) in [4.78, 5) is 16.6. The minimum atomic E-state index is -0.0464. The molecule has 1 aromatic carbocycles. The highest BCUT2D eigenvalue weighted by atomic mass is 32.2. The van der Waals surface area contributed by atoms with E-state index in [2.05, 4.69) is 0 Å². The number of rotatable bonds is 4. The lowest BCUT2D eigenvalue weighted by atomic mass is 10.2. The zero-order chi connectivity index (χ0) is 14.7. The molecule has 0 aromatic heterocycles. The predicted octanol–water partition coefficient (Wildman–Crippen LogP) is 2.16. The molecule has 4 nitrogen and oxygen atoms in total. The van der Waals surface area contributed by atoms with Gasteiger partial charge in [-0.2, -0.15) is 0 Å². The van der Waals surface area contributed by atoms with E-state index in [0.29, 0.717) is 15.8 Å². The lowest BCUT2D eigenvalue weighted by molar-refractivity contribution is -0.122. The van der Waals surface area contributed by atoms with E-state index in [0.717, 1.165) is 12.1 Å². The maximum Gasteiger partial charge on any atom is 0.266 e. The topological polar surface area (TPSA) is 43.8 Å². The fourth-order valence-corrected chi connectivity index (χ4v) is 3.02. The number of phenols is 1. The predicted molar refractivity (Wildman–Crippen MR) is 86.5 cm³/mol. The molecule has 1 fully saturated rings. The van der Waals surface area contributed by atoms with Crippen molar-refractivity contribution in [3.05, 3.63) is 34.7 Å². The molecular formula is C14H16N2O2S2. The van der Waals surface area contributed by atoms with Crippen molar-refractivity contribution in [2.24, 2.45) is 0 Å². The van der Waals surface area contributed by atoms with Crippen LogP contribution >= 0.6 is 24.0 Å². The van der Waals surface area contributed by atoms with E-state index < -0.39 is 0 Å². The molecule has 0 saturated carbocycles. The molecule has 106 valence electrons. The van der Waals surface area contributed by atoms with Crippen molar-refractivity contribution in [3.63, 3.8) is 0 Å². The van der Waals surface area contributed by atoms with Gasteiger partial charge in [-0.3, -0.25) is 9.69 Å². The molecule has 1 aliphatic heterocycles. The molecule has 2 rings (SSSR count). The molecule has 1 aliphatic rings. The summed E-state index contributed by atoms with van der Waals surface area (Å²) in [5, 5.41) is 9.25. The molecule has 20 heavy (non-hydrogen) atoms. The second-order valence-corrected chi connectivity index (χ2v) is 6.40.